The van der Waals surface area contributed by atoms with Crippen LogP contribution in [-0.4, -0.2) is 14.5 Å². The number of hydrogen-bond donors (Lipinski definition) is 0. The molecule has 0 fully saturated rings. The van der Waals surface area contributed by atoms with Crippen LogP contribution in [0.25, 0.3) is 107 Å². The molecule has 11 rings (SSSR count). The molecule has 10 aromatic carbocycles. The predicted molar refractivity (Wildman–Crippen MR) is 268 cm³/mol. The summed E-state index contributed by atoms with van der Waals surface area (Å²) in [5, 5.41) is 13.2. The molecule has 0 atom stereocenters. The molecular weight excluding hydrogens is 800 g/mol. The molecule has 1 heteroatoms. The monoisotopic (exact) mass is 848 g/mol. The molecule has 0 radical (unpaired) electrons. The van der Waals surface area contributed by atoms with Crippen LogP contribution in [0.5, 0.6) is 0 Å². The normalized spacial score (nSPS) is 12.4. The third kappa shape index (κ3) is 6.09. The Morgan fingerprint density at radius 1 is 0.311 bits per heavy atom. The van der Waals surface area contributed by atoms with E-state index < -0.39 is 0 Å². The number of hydrogen-bond acceptors (Lipinski definition) is 0. The molecule has 0 nitrogen and oxygen atoms in total. The van der Waals surface area contributed by atoms with Gasteiger partial charge in [0.05, 0.1) is 0 Å². The van der Waals surface area contributed by atoms with Gasteiger partial charge in [0.2, 0.25) is 0 Å². The van der Waals surface area contributed by atoms with Crippen molar-refractivity contribution in [2.24, 2.45) is 0 Å². The summed E-state index contributed by atoms with van der Waals surface area (Å²) in [5.41, 5.74) is 13.3. The second kappa shape index (κ2) is 14.2. The van der Waals surface area contributed by atoms with Crippen molar-refractivity contribution in [1.82, 2.24) is 0 Å². The van der Waals surface area contributed by atoms with E-state index in [4.69, 9.17) is 0 Å². The van der Waals surface area contributed by atoms with Crippen molar-refractivity contribution >= 4 is 76.9 Å². The number of rotatable bonds is 4. The molecule has 1 heterocycles. The minimum absolute atomic E-state index is 0.0165. The van der Waals surface area contributed by atoms with Gasteiger partial charge in [-0.3, -0.25) is 0 Å². The molecule has 0 spiro atoms. The van der Waals surface area contributed by atoms with Crippen molar-refractivity contribution < 1.29 is 0 Å². The SMILES string of the molecule is CC(C)(C)c1cc(-c2c3ccccc3c(-c3cccc4[se]c5c(-c6c7ccccc7c(-c7ccccc7)c7ccccc67)cccc5c34)c3ccccc23)cc(C(C)(C)C)c1. The summed E-state index contributed by atoms with van der Waals surface area (Å²) in [7, 11) is 0. The third-order valence-electron chi connectivity index (χ3n) is 12.9. The first-order valence-corrected chi connectivity index (χ1v) is 23.3. The molecular formula is C60H48Se. The Morgan fingerprint density at radius 3 is 1.16 bits per heavy atom. The molecule has 11 aromatic rings. The van der Waals surface area contributed by atoms with Gasteiger partial charge >= 0.3 is 367 Å². The van der Waals surface area contributed by atoms with Crippen LogP contribution in [0.2, 0.25) is 0 Å². The van der Waals surface area contributed by atoms with E-state index in [1.807, 2.05) is 0 Å². The van der Waals surface area contributed by atoms with E-state index in [2.05, 4.69) is 224 Å². The summed E-state index contributed by atoms with van der Waals surface area (Å²) in [6, 6.07) is 68.9. The van der Waals surface area contributed by atoms with Crippen LogP contribution in [0, 0.1) is 0 Å². The van der Waals surface area contributed by atoms with E-state index in [-0.39, 0.29) is 25.3 Å². The van der Waals surface area contributed by atoms with Crippen LogP contribution in [0.3, 0.4) is 0 Å². The molecule has 0 saturated carbocycles. The Hall–Kier alpha value is -6.24. The van der Waals surface area contributed by atoms with Crippen LogP contribution >= 0.6 is 0 Å². The summed E-state index contributed by atoms with van der Waals surface area (Å²) in [4.78, 5) is 0. The molecule has 61 heavy (non-hydrogen) atoms. The van der Waals surface area contributed by atoms with Crippen molar-refractivity contribution in [2.45, 2.75) is 52.4 Å². The first kappa shape index (κ1) is 37.7. The summed E-state index contributed by atoms with van der Waals surface area (Å²) in [6.45, 7) is 14.0. The Kier molecular flexibility index (Phi) is 8.77. The Morgan fingerprint density at radius 2 is 0.689 bits per heavy atom. The average molecular weight is 848 g/mol. The van der Waals surface area contributed by atoms with Crippen LogP contribution in [0.1, 0.15) is 52.7 Å². The van der Waals surface area contributed by atoms with Gasteiger partial charge < -0.3 is 0 Å². The van der Waals surface area contributed by atoms with Crippen LogP contribution in [0.15, 0.2) is 182 Å². The van der Waals surface area contributed by atoms with Gasteiger partial charge in [-0.25, -0.2) is 0 Å². The van der Waals surface area contributed by atoms with Gasteiger partial charge in [0.15, 0.2) is 0 Å². The zero-order valence-electron chi connectivity index (χ0n) is 35.7. The summed E-state index contributed by atoms with van der Waals surface area (Å²) < 4.78 is 2.92. The number of fused-ring (bicyclic) bond motifs is 7. The zero-order chi connectivity index (χ0) is 41.6. The molecule has 294 valence electrons. The van der Waals surface area contributed by atoms with Gasteiger partial charge in [0, 0.05) is 0 Å². The van der Waals surface area contributed by atoms with E-state index in [1.165, 1.54) is 118 Å². The van der Waals surface area contributed by atoms with Gasteiger partial charge in [0.1, 0.15) is 0 Å². The van der Waals surface area contributed by atoms with Crippen LogP contribution in [0.4, 0.5) is 0 Å². The summed E-state index contributed by atoms with van der Waals surface area (Å²) in [5.74, 6) is 0. The van der Waals surface area contributed by atoms with Crippen molar-refractivity contribution in [1.29, 1.82) is 0 Å². The Bertz CT molecular complexity index is 3390. The molecule has 0 aliphatic carbocycles. The van der Waals surface area contributed by atoms with Crippen molar-refractivity contribution in [3.63, 3.8) is 0 Å². The molecule has 0 saturated heterocycles. The van der Waals surface area contributed by atoms with Gasteiger partial charge in [-0.2, -0.15) is 0 Å². The fourth-order valence-corrected chi connectivity index (χ4v) is 12.6. The topological polar surface area (TPSA) is 0 Å². The maximum absolute atomic E-state index is 2.46. The second-order valence-electron chi connectivity index (χ2n) is 18.8. The molecule has 0 N–H and O–H groups in total. The third-order valence-corrected chi connectivity index (χ3v) is 15.5. The van der Waals surface area contributed by atoms with Gasteiger partial charge in [-0.15, -0.1) is 0 Å². The second-order valence-corrected chi connectivity index (χ2v) is 21.0. The van der Waals surface area contributed by atoms with Crippen molar-refractivity contribution in [3.05, 3.63) is 193 Å². The minimum atomic E-state index is 0.0165. The summed E-state index contributed by atoms with van der Waals surface area (Å²) >= 11 is 0.111. The molecule has 0 bridgehead atoms. The fraction of sp³-hybridized carbons (Fsp3) is 0.133. The Labute approximate surface area is 364 Å². The van der Waals surface area contributed by atoms with Crippen molar-refractivity contribution in [2.75, 3.05) is 0 Å². The van der Waals surface area contributed by atoms with E-state index in [9.17, 15) is 0 Å². The molecule has 0 aliphatic rings. The Balaban J connectivity index is 1.21. The van der Waals surface area contributed by atoms with Crippen molar-refractivity contribution in [3.8, 4) is 44.5 Å². The quantitative estimate of drug-likeness (QED) is 0.122. The van der Waals surface area contributed by atoms with E-state index in [0.717, 1.165) is 0 Å². The predicted octanol–water partition coefficient (Wildman–Crippen LogP) is 16.9. The van der Waals surface area contributed by atoms with E-state index in [1.54, 1.807) is 0 Å². The maximum atomic E-state index is 2.46. The average Bonchev–Trinajstić information content (AvgIpc) is 3.66. The van der Waals surface area contributed by atoms with Crippen LogP contribution < -0.4 is 0 Å². The van der Waals surface area contributed by atoms with Gasteiger partial charge in [0.25, 0.3) is 0 Å². The van der Waals surface area contributed by atoms with Gasteiger partial charge in [-0.05, 0) is 0 Å². The van der Waals surface area contributed by atoms with E-state index in [0.29, 0.717) is 0 Å². The first-order chi connectivity index (χ1) is 29.6. The molecule has 0 unspecified atom stereocenters. The van der Waals surface area contributed by atoms with Gasteiger partial charge in [-0.1, -0.05) is 0 Å². The fourth-order valence-electron chi connectivity index (χ4n) is 9.95. The molecule has 1 aromatic heterocycles. The van der Waals surface area contributed by atoms with E-state index >= 15 is 0 Å². The molecule has 0 amide bonds. The zero-order valence-corrected chi connectivity index (χ0v) is 37.4. The number of benzene rings is 10. The molecule has 0 aliphatic heterocycles. The summed E-state index contributed by atoms with van der Waals surface area (Å²) in [6.07, 6.45) is 0. The van der Waals surface area contributed by atoms with Crippen LogP contribution in [-0.2, 0) is 10.8 Å². The standard InChI is InChI=1S/C60H48Se/c1-59(2,3)39-34-38(35-40(36-39)60(4,5)6)54-43-24-12-14-26-45(43)55(46-27-15-13-25-44(46)54)49-30-19-33-52-57(49)51-32-18-31-50(58(51)61-52)56-47-28-16-10-22-41(47)53(37-20-8-7-9-21-37)42-23-11-17-29-48(42)56/h7-36H,1-6H3. The first-order valence-electron chi connectivity index (χ1n) is 21.6.